The Kier molecular flexibility index (Phi) is 4.57. The van der Waals surface area contributed by atoms with Crippen LogP contribution in [0.2, 0.25) is 0 Å². The molecule has 0 fully saturated rings. The topological polar surface area (TPSA) is 29.1 Å². The average molecular weight is 235 g/mol. The number of thiophene rings is 1. The Morgan fingerprint density at radius 3 is 2.94 bits per heavy atom. The molecule has 0 bridgehead atoms. The number of terminal acetylenes is 1. The minimum atomic E-state index is -0.542. The monoisotopic (exact) mass is 235 g/mol. The molecule has 0 unspecified atom stereocenters. The van der Waals surface area contributed by atoms with E-state index < -0.39 is 5.54 Å². The average Bonchev–Trinajstić information content (AvgIpc) is 2.70. The lowest BCUT2D eigenvalue weighted by atomic mass is 10.1. The lowest BCUT2D eigenvalue weighted by Crippen LogP contribution is -2.41. The van der Waals surface area contributed by atoms with Crippen molar-refractivity contribution in [1.82, 2.24) is 5.32 Å². The summed E-state index contributed by atoms with van der Waals surface area (Å²) in [6.07, 6.45) is 7.66. The first kappa shape index (κ1) is 12.8. The maximum Gasteiger partial charge on any atom is 0.221 e. The number of hydrogen-bond donors (Lipinski definition) is 1. The van der Waals surface area contributed by atoms with Crippen LogP contribution in [0.15, 0.2) is 17.5 Å². The van der Waals surface area contributed by atoms with Crippen molar-refractivity contribution in [3.05, 3.63) is 22.4 Å². The molecule has 0 aliphatic rings. The number of hydrogen-bond acceptors (Lipinski definition) is 2. The van der Waals surface area contributed by atoms with E-state index in [0.29, 0.717) is 6.42 Å². The first-order valence-corrected chi connectivity index (χ1v) is 6.22. The highest BCUT2D eigenvalue weighted by molar-refractivity contribution is 7.09. The van der Waals surface area contributed by atoms with E-state index in [9.17, 15) is 4.79 Å². The molecule has 0 radical (unpaired) electrons. The normalized spacial score (nSPS) is 10.8. The Hall–Kier alpha value is -1.27. The molecule has 0 spiro atoms. The van der Waals surface area contributed by atoms with Crippen molar-refractivity contribution in [2.45, 2.75) is 38.6 Å². The van der Waals surface area contributed by atoms with Crippen LogP contribution in [-0.2, 0) is 11.2 Å². The van der Waals surface area contributed by atoms with Gasteiger partial charge in [0.1, 0.15) is 0 Å². The molecule has 0 saturated carbocycles. The molecule has 0 saturated heterocycles. The van der Waals surface area contributed by atoms with E-state index in [2.05, 4.69) is 22.7 Å². The second-order valence-corrected chi connectivity index (χ2v) is 5.28. The fourth-order valence-electron chi connectivity index (χ4n) is 1.33. The van der Waals surface area contributed by atoms with Gasteiger partial charge in [-0.1, -0.05) is 12.0 Å². The molecule has 2 nitrogen and oxygen atoms in total. The van der Waals surface area contributed by atoms with Crippen molar-refractivity contribution in [2.24, 2.45) is 0 Å². The highest BCUT2D eigenvalue weighted by Crippen LogP contribution is 2.12. The van der Waals surface area contributed by atoms with Gasteiger partial charge in [0.05, 0.1) is 5.54 Å². The second kappa shape index (κ2) is 5.72. The van der Waals surface area contributed by atoms with E-state index in [1.165, 1.54) is 4.88 Å². The molecule has 0 aliphatic carbocycles. The summed E-state index contributed by atoms with van der Waals surface area (Å²) in [4.78, 5) is 12.9. The van der Waals surface area contributed by atoms with Crippen LogP contribution in [0.4, 0.5) is 0 Å². The molecule has 0 aliphatic heterocycles. The minimum Gasteiger partial charge on any atom is -0.340 e. The zero-order valence-corrected chi connectivity index (χ0v) is 10.6. The molecule has 1 amide bonds. The van der Waals surface area contributed by atoms with Gasteiger partial charge < -0.3 is 5.32 Å². The summed E-state index contributed by atoms with van der Waals surface area (Å²) < 4.78 is 0. The third kappa shape index (κ3) is 4.50. The van der Waals surface area contributed by atoms with Crippen LogP contribution >= 0.6 is 11.3 Å². The van der Waals surface area contributed by atoms with E-state index >= 15 is 0 Å². The molecule has 1 aromatic heterocycles. The summed E-state index contributed by atoms with van der Waals surface area (Å²) in [6.45, 7) is 3.65. The lowest BCUT2D eigenvalue weighted by Gasteiger charge is -2.19. The van der Waals surface area contributed by atoms with Gasteiger partial charge in [-0.2, -0.15) is 0 Å². The first-order valence-electron chi connectivity index (χ1n) is 5.35. The molecule has 86 valence electrons. The van der Waals surface area contributed by atoms with Gasteiger partial charge in [0.25, 0.3) is 0 Å². The predicted octanol–water partition coefficient (Wildman–Crippen LogP) is 2.60. The summed E-state index contributed by atoms with van der Waals surface area (Å²) in [6, 6.07) is 4.12. The summed E-state index contributed by atoms with van der Waals surface area (Å²) in [7, 11) is 0. The molecule has 1 N–H and O–H groups in total. The van der Waals surface area contributed by atoms with Crippen molar-refractivity contribution in [2.75, 3.05) is 0 Å². The highest BCUT2D eigenvalue weighted by atomic mass is 32.1. The van der Waals surface area contributed by atoms with Crippen molar-refractivity contribution < 1.29 is 4.79 Å². The van der Waals surface area contributed by atoms with Crippen LogP contribution in [0.1, 0.15) is 31.6 Å². The van der Waals surface area contributed by atoms with Gasteiger partial charge in [0.2, 0.25) is 5.91 Å². The summed E-state index contributed by atoms with van der Waals surface area (Å²) >= 11 is 1.73. The van der Waals surface area contributed by atoms with Gasteiger partial charge in [-0.25, -0.2) is 0 Å². The number of aryl methyl sites for hydroxylation is 1. The predicted molar refractivity (Wildman–Crippen MR) is 68.3 cm³/mol. The molecule has 3 heteroatoms. The smallest absolute Gasteiger partial charge is 0.221 e. The third-order valence-corrected chi connectivity index (χ3v) is 3.16. The van der Waals surface area contributed by atoms with Gasteiger partial charge in [0.15, 0.2) is 0 Å². The van der Waals surface area contributed by atoms with Crippen molar-refractivity contribution >= 4 is 17.2 Å². The van der Waals surface area contributed by atoms with Gasteiger partial charge in [-0.15, -0.1) is 17.8 Å². The van der Waals surface area contributed by atoms with E-state index in [1.807, 2.05) is 19.9 Å². The standard InChI is InChI=1S/C13H17NOS/c1-4-13(2,3)14-12(15)9-5-7-11-8-6-10-16-11/h1,6,8,10H,5,7,9H2,2-3H3,(H,14,15). The van der Waals surface area contributed by atoms with E-state index in [-0.39, 0.29) is 5.91 Å². The largest absolute Gasteiger partial charge is 0.340 e. The Bertz CT molecular complexity index is 373. The Morgan fingerprint density at radius 1 is 1.62 bits per heavy atom. The summed E-state index contributed by atoms with van der Waals surface area (Å²) in [5, 5.41) is 4.87. The molecule has 0 aromatic carbocycles. The SMILES string of the molecule is C#CC(C)(C)NC(=O)CCCc1cccs1. The van der Waals surface area contributed by atoms with E-state index in [0.717, 1.165) is 12.8 Å². The van der Waals surface area contributed by atoms with Gasteiger partial charge in [0, 0.05) is 11.3 Å². The molecular weight excluding hydrogens is 218 g/mol. The Labute approximate surface area is 101 Å². The molecule has 1 rings (SSSR count). The van der Waals surface area contributed by atoms with Crippen LogP contribution in [0, 0.1) is 12.3 Å². The highest BCUT2D eigenvalue weighted by Gasteiger charge is 2.16. The Morgan fingerprint density at radius 2 is 2.38 bits per heavy atom. The second-order valence-electron chi connectivity index (χ2n) is 4.25. The number of amides is 1. The van der Waals surface area contributed by atoms with Crippen LogP contribution in [0.25, 0.3) is 0 Å². The molecule has 1 heterocycles. The first-order chi connectivity index (χ1) is 7.53. The maximum atomic E-state index is 11.5. The van der Waals surface area contributed by atoms with Gasteiger partial charge in [-0.3, -0.25) is 4.79 Å². The van der Waals surface area contributed by atoms with Crippen molar-refractivity contribution in [3.63, 3.8) is 0 Å². The molecular formula is C13H17NOS. The molecule has 0 atom stereocenters. The van der Waals surface area contributed by atoms with Crippen molar-refractivity contribution in [3.8, 4) is 12.3 Å². The third-order valence-electron chi connectivity index (χ3n) is 2.22. The zero-order chi connectivity index (χ0) is 12.0. The maximum absolute atomic E-state index is 11.5. The van der Waals surface area contributed by atoms with E-state index in [4.69, 9.17) is 6.42 Å². The Balaban J connectivity index is 2.24. The van der Waals surface area contributed by atoms with Crippen LogP contribution < -0.4 is 5.32 Å². The number of nitrogens with one attached hydrogen (secondary N) is 1. The minimum absolute atomic E-state index is 0.0273. The lowest BCUT2D eigenvalue weighted by molar-refractivity contribution is -0.122. The number of carbonyl (C=O) groups excluding carboxylic acids is 1. The van der Waals surface area contributed by atoms with Crippen LogP contribution in [-0.4, -0.2) is 11.4 Å². The van der Waals surface area contributed by atoms with Crippen LogP contribution in [0.3, 0.4) is 0 Å². The van der Waals surface area contributed by atoms with Crippen molar-refractivity contribution in [1.29, 1.82) is 0 Å². The fourth-order valence-corrected chi connectivity index (χ4v) is 2.08. The zero-order valence-electron chi connectivity index (χ0n) is 9.75. The molecule has 16 heavy (non-hydrogen) atoms. The van der Waals surface area contributed by atoms with Crippen LogP contribution in [0.5, 0.6) is 0 Å². The molecule has 1 aromatic rings. The summed E-state index contributed by atoms with van der Waals surface area (Å²) in [5.41, 5.74) is -0.542. The fraction of sp³-hybridized carbons (Fsp3) is 0.462. The van der Waals surface area contributed by atoms with Gasteiger partial charge >= 0.3 is 0 Å². The summed E-state index contributed by atoms with van der Waals surface area (Å²) in [5.74, 6) is 2.57. The van der Waals surface area contributed by atoms with E-state index in [1.54, 1.807) is 11.3 Å². The van der Waals surface area contributed by atoms with Gasteiger partial charge in [-0.05, 0) is 38.1 Å². The number of carbonyl (C=O) groups is 1. The number of rotatable bonds is 5. The quantitative estimate of drug-likeness (QED) is 0.781.